The van der Waals surface area contributed by atoms with Crippen LogP contribution in [0.15, 0.2) is 24.4 Å². The molecule has 0 saturated carbocycles. The fraction of sp³-hybridized carbons (Fsp3) is 0.529. The van der Waals surface area contributed by atoms with Crippen molar-refractivity contribution in [3.63, 3.8) is 0 Å². The highest BCUT2D eigenvalue weighted by Crippen LogP contribution is 2.27. The lowest BCUT2D eigenvalue weighted by molar-refractivity contribution is 0.400. The lowest BCUT2D eigenvalue weighted by Crippen LogP contribution is -2.28. The van der Waals surface area contributed by atoms with Gasteiger partial charge in [-0.1, -0.05) is 17.3 Å². The molecule has 1 aliphatic heterocycles. The quantitative estimate of drug-likeness (QED) is 0.865. The van der Waals surface area contributed by atoms with E-state index in [9.17, 15) is 8.42 Å². The van der Waals surface area contributed by atoms with Crippen LogP contribution in [0.5, 0.6) is 0 Å². The Morgan fingerprint density at radius 2 is 2.04 bits per heavy atom. The predicted molar refractivity (Wildman–Crippen MR) is 88.9 cm³/mol. The Morgan fingerprint density at radius 1 is 1.17 bits per heavy atom. The van der Waals surface area contributed by atoms with E-state index in [0.717, 1.165) is 30.5 Å². The van der Waals surface area contributed by atoms with Gasteiger partial charge in [0, 0.05) is 12.1 Å². The molecule has 2 heterocycles. The Bertz CT molecular complexity index is 826. The van der Waals surface area contributed by atoms with Gasteiger partial charge in [0.25, 0.3) is 0 Å². The van der Waals surface area contributed by atoms with Gasteiger partial charge < -0.3 is 0 Å². The van der Waals surface area contributed by atoms with Crippen LogP contribution in [-0.2, 0) is 29.2 Å². The van der Waals surface area contributed by atoms with Gasteiger partial charge in [-0.3, -0.25) is 4.68 Å². The highest BCUT2D eigenvalue weighted by atomic mass is 32.2. The number of fused-ring (bicyclic) bond motifs is 1. The topological polar surface area (TPSA) is 64.8 Å². The van der Waals surface area contributed by atoms with Crippen LogP contribution in [0.1, 0.15) is 30.4 Å². The molecular weight excluding hydrogens is 310 g/mol. The zero-order valence-electron chi connectivity index (χ0n) is 13.1. The Kier molecular flexibility index (Phi) is 3.71. The molecule has 2 aromatic rings. The van der Waals surface area contributed by atoms with Crippen molar-refractivity contribution in [2.75, 3.05) is 11.5 Å². The summed E-state index contributed by atoms with van der Waals surface area (Å²) in [7, 11) is -2.87. The minimum absolute atomic E-state index is 0.156. The summed E-state index contributed by atoms with van der Waals surface area (Å²) < 4.78 is 25.3. The molecule has 1 saturated heterocycles. The number of aromatic nitrogens is 3. The number of aryl methyl sites for hydroxylation is 2. The van der Waals surface area contributed by atoms with Crippen LogP contribution in [-0.4, -0.2) is 34.9 Å². The van der Waals surface area contributed by atoms with Crippen LogP contribution in [0, 0.1) is 5.92 Å². The van der Waals surface area contributed by atoms with Gasteiger partial charge in [0.15, 0.2) is 9.84 Å². The fourth-order valence-corrected chi connectivity index (χ4v) is 5.54. The minimum atomic E-state index is -2.87. The first-order valence-electron chi connectivity index (χ1n) is 8.32. The third-order valence-corrected chi connectivity index (χ3v) is 6.83. The SMILES string of the molecule is O=S1(=O)CCC[C@H](Cn2cc(-c3ccc4c(c3)CCC4)nn2)C1. The van der Waals surface area contributed by atoms with E-state index in [1.807, 2.05) is 6.20 Å². The predicted octanol–water partition coefficient (Wildman–Crippen LogP) is 2.26. The average molecular weight is 331 g/mol. The summed E-state index contributed by atoms with van der Waals surface area (Å²) in [4.78, 5) is 0. The largest absolute Gasteiger partial charge is 0.252 e. The molecular formula is C17H21N3O2S. The van der Waals surface area contributed by atoms with Crippen LogP contribution < -0.4 is 0 Å². The second kappa shape index (κ2) is 5.74. The highest BCUT2D eigenvalue weighted by Gasteiger charge is 2.25. The third-order valence-electron chi connectivity index (χ3n) is 4.94. The van der Waals surface area contributed by atoms with E-state index in [1.165, 1.54) is 24.0 Å². The molecule has 4 rings (SSSR count). The van der Waals surface area contributed by atoms with Crippen LogP contribution >= 0.6 is 0 Å². The summed E-state index contributed by atoms with van der Waals surface area (Å²) in [6.45, 7) is 0.636. The van der Waals surface area contributed by atoms with Gasteiger partial charge in [0.05, 0.1) is 17.7 Å². The minimum Gasteiger partial charge on any atom is -0.252 e. The van der Waals surface area contributed by atoms with E-state index in [1.54, 1.807) is 4.68 Å². The van der Waals surface area contributed by atoms with Crippen molar-refractivity contribution >= 4 is 9.84 Å². The standard InChI is InChI=1S/C17H21N3O2S/c21-23(22)8-2-3-13(12-23)10-20-11-17(18-19-20)16-7-6-14-4-1-5-15(14)9-16/h6-7,9,11,13H,1-5,8,10,12H2/t13-/m1/s1. The lowest BCUT2D eigenvalue weighted by Gasteiger charge is -2.21. The molecule has 0 radical (unpaired) electrons. The van der Waals surface area contributed by atoms with E-state index in [-0.39, 0.29) is 11.7 Å². The molecule has 23 heavy (non-hydrogen) atoms. The Hall–Kier alpha value is -1.69. The van der Waals surface area contributed by atoms with Crippen molar-refractivity contribution in [3.05, 3.63) is 35.5 Å². The molecule has 2 aliphatic rings. The summed E-state index contributed by atoms with van der Waals surface area (Å²) in [6.07, 6.45) is 7.22. The number of hydrogen-bond donors (Lipinski definition) is 0. The smallest absolute Gasteiger partial charge is 0.150 e. The molecule has 6 heteroatoms. The van der Waals surface area contributed by atoms with Crippen molar-refractivity contribution in [2.45, 2.75) is 38.6 Å². The molecule has 0 spiro atoms. The van der Waals surface area contributed by atoms with Crippen molar-refractivity contribution in [1.29, 1.82) is 0 Å². The summed E-state index contributed by atoms with van der Waals surface area (Å²) in [6, 6.07) is 6.54. The van der Waals surface area contributed by atoms with Gasteiger partial charge in [-0.25, -0.2) is 8.42 Å². The number of hydrogen-bond acceptors (Lipinski definition) is 4. The molecule has 0 amide bonds. The molecule has 0 bridgehead atoms. The Morgan fingerprint density at radius 3 is 2.91 bits per heavy atom. The van der Waals surface area contributed by atoms with Gasteiger partial charge in [0.1, 0.15) is 5.69 Å². The zero-order valence-corrected chi connectivity index (χ0v) is 13.9. The second-order valence-electron chi connectivity index (χ2n) is 6.79. The maximum Gasteiger partial charge on any atom is 0.150 e. The molecule has 5 nitrogen and oxygen atoms in total. The van der Waals surface area contributed by atoms with Crippen LogP contribution in [0.25, 0.3) is 11.3 Å². The van der Waals surface area contributed by atoms with E-state index in [4.69, 9.17) is 0 Å². The Labute approximate surface area is 136 Å². The monoisotopic (exact) mass is 331 g/mol. The van der Waals surface area contributed by atoms with Gasteiger partial charge in [-0.2, -0.15) is 0 Å². The average Bonchev–Trinajstić information content (AvgIpc) is 3.14. The number of benzene rings is 1. The number of nitrogens with zero attached hydrogens (tertiary/aromatic N) is 3. The molecule has 1 aromatic carbocycles. The van der Waals surface area contributed by atoms with Gasteiger partial charge in [-0.15, -0.1) is 5.10 Å². The molecule has 1 aromatic heterocycles. The molecule has 1 aliphatic carbocycles. The zero-order chi connectivity index (χ0) is 15.9. The second-order valence-corrected chi connectivity index (χ2v) is 9.01. The number of sulfone groups is 1. The maximum absolute atomic E-state index is 11.7. The van der Waals surface area contributed by atoms with Crippen LogP contribution in [0.3, 0.4) is 0 Å². The maximum atomic E-state index is 11.7. The Balaban J connectivity index is 1.51. The molecule has 1 fully saturated rings. The van der Waals surface area contributed by atoms with E-state index >= 15 is 0 Å². The van der Waals surface area contributed by atoms with Gasteiger partial charge in [0.2, 0.25) is 0 Å². The van der Waals surface area contributed by atoms with E-state index < -0.39 is 9.84 Å². The molecule has 1 atom stereocenters. The van der Waals surface area contributed by atoms with Crippen molar-refractivity contribution < 1.29 is 8.42 Å². The molecule has 0 N–H and O–H groups in total. The van der Waals surface area contributed by atoms with Crippen molar-refractivity contribution in [3.8, 4) is 11.3 Å². The summed E-state index contributed by atoms with van der Waals surface area (Å²) in [5, 5.41) is 8.48. The van der Waals surface area contributed by atoms with Gasteiger partial charge in [-0.05, 0) is 55.2 Å². The first-order valence-corrected chi connectivity index (χ1v) is 10.1. The van der Waals surface area contributed by atoms with Gasteiger partial charge >= 0.3 is 0 Å². The number of rotatable bonds is 3. The van der Waals surface area contributed by atoms with Crippen LogP contribution in [0.4, 0.5) is 0 Å². The molecule has 0 unspecified atom stereocenters. The van der Waals surface area contributed by atoms with Crippen molar-refractivity contribution in [1.82, 2.24) is 15.0 Å². The third kappa shape index (κ3) is 3.17. The molecule has 122 valence electrons. The highest BCUT2D eigenvalue weighted by molar-refractivity contribution is 7.91. The lowest BCUT2D eigenvalue weighted by atomic mass is 10.0. The van der Waals surface area contributed by atoms with Crippen LogP contribution in [0.2, 0.25) is 0 Å². The van der Waals surface area contributed by atoms with E-state index in [2.05, 4.69) is 28.5 Å². The first kappa shape index (κ1) is 14.9. The first-order chi connectivity index (χ1) is 11.1. The van der Waals surface area contributed by atoms with E-state index in [0.29, 0.717) is 12.3 Å². The summed E-state index contributed by atoms with van der Waals surface area (Å²) in [5.74, 6) is 0.769. The summed E-state index contributed by atoms with van der Waals surface area (Å²) in [5.41, 5.74) is 4.86. The van der Waals surface area contributed by atoms with Crippen molar-refractivity contribution in [2.24, 2.45) is 5.92 Å². The normalized spacial score (nSPS) is 22.9. The summed E-state index contributed by atoms with van der Waals surface area (Å²) >= 11 is 0. The fourth-order valence-electron chi connectivity index (χ4n) is 3.78.